The molecule has 2 N–H and O–H groups in total. The Morgan fingerprint density at radius 3 is 2.52 bits per heavy atom. The fraction of sp³-hybridized carbons (Fsp3) is 0.333. The SMILES string of the molecule is Cl.Cl.Oc1c([C@@H](c2cccs2)N2CCNCC2)ccc(F)c1Br. The monoisotopic (exact) mass is 442 g/mol. The van der Waals surface area contributed by atoms with Gasteiger partial charge in [-0.3, -0.25) is 4.90 Å². The van der Waals surface area contributed by atoms with Crippen LogP contribution >= 0.6 is 52.1 Å². The topological polar surface area (TPSA) is 35.5 Å². The van der Waals surface area contributed by atoms with Gasteiger partial charge < -0.3 is 10.4 Å². The average Bonchev–Trinajstić information content (AvgIpc) is 3.03. The second kappa shape index (κ2) is 9.20. The number of piperazine rings is 1. The van der Waals surface area contributed by atoms with Gasteiger partial charge in [0.1, 0.15) is 11.6 Å². The smallest absolute Gasteiger partial charge is 0.141 e. The number of aromatic hydroxyl groups is 1. The van der Waals surface area contributed by atoms with Crippen LogP contribution in [0.1, 0.15) is 16.5 Å². The average molecular weight is 444 g/mol. The molecule has 2 heterocycles. The van der Waals surface area contributed by atoms with Crippen molar-refractivity contribution in [1.29, 1.82) is 0 Å². The van der Waals surface area contributed by atoms with Crippen molar-refractivity contribution in [1.82, 2.24) is 10.2 Å². The van der Waals surface area contributed by atoms with Crippen molar-refractivity contribution in [2.45, 2.75) is 6.04 Å². The highest BCUT2D eigenvalue weighted by molar-refractivity contribution is 9.10. The molecule has 0 saturated carbocycles. The number of phenolic OH excluding ortho intramolecular Hbond substituents is 1. The fourth-order valence-corrected chi connectivity index (χ4v) is 3.93. The van der Waals surface area contributed by atoms with Crippen LogP contribution in [0.25, 0.3) is 0 Å². The van der Waals surface area contributed by atoms with Crippen LogP contribution in [-0.4, -0.2) is 36.2 Å². The van der Waals surface area contributed by atoms with Gasteiger partial charge in [0.2, 0.25) is 0 Å². The highest BCUT2D eigenvalue weighted by Gasteiger charge is 2.28. The number of nitrogens with one attached hydrogen (secondary N) is 1. The van der Waals surface area contributed by atoms with Crippen molar-refractivity contribution >= 4 is 52.1 Å². The van der Waals surface area contributed by atoms with Crippen LogP contribution in [0.15, 0.2) is 34.1 Å². The molecule has 1 aromatic heterocycles. The summed E-state index contributed by atoms with van der Waals surface area (Å²) < 4.78 is 13.7. The van der Waals surface area contributed by atoms with E-state index in [-0.39, 0.29) is 41.1 Å². The van der Waals surface area contributed by atoms with E-state index in [2.05, 4.69) is 32.2 Å². The first kappa shape index (κ1) is 20.7. The number of halogens is 4. The molecule has 1 fully saturated rings. The lowest BCUT2D eigenvalue weighted by molar-refractivity contribution is 0.198. The van der Waals surface area contributed by atoms with Crippen molar-refractivity contribution in [3.63, 3.8) is 0 Å². The fourth-order valence-electron chi connectivity index (χ4n) is 2.69. The molecule has 0 amide bonds. The van der Waals surface area contributed by atoms with Gasteiger partial charge in [-0.1, -0.05) is 12.1 Å². The second-order valence-electron chi connectivity index (χ2n) is 5.00. The van der Waals surface area contributed by atoms with Gasteiger partial charge in [0.05, 0.1) is 10.5 Å². The summed E-state index contributed by atoms with van der Waals surface area (Å²) in [5, 5.41) is 15.7. The van der Waals surface area contributed by atoms with E-state index in [4.69, 9.17) is 0 Å². The molecule has 1 aliphatic heterocycles. The largest absolute Gasteiger partial charge is 0.506 e. The van der Waals surface area contributed by atoms with Crippen LogP contribution in [0, 0.1) is 5.82 Å². The van der Waals surface area contributed by atoms with Gasteiger partial charge >= 0.3 is 0 Å². The number of rotatable bonds is 3. The third kappa shape index (κ3) is 4.38. The van der Waals surface area contributed by atoms with E-state index in [9.17, 15) is 9.50 Å². The minimum absolute atomic E-state index is 0. The van der Waals surface area contributed by atoms with Crippen LogP contribution < -0.4 is 5.32 Å². The summed E-state index contributed by atoms with van der Waals surface area (Å²) in [7, 11) is 0. The predicted octanol–water partition coefficient (Wildman–Crippen LogP) is 4.19. The zero-order valence-electron chi connectivity index (χ0n) is 12.2. The maximum Gasteiger partial charge on any atom is 0.141 e. The molecule has 1 aliphatic rings. The Morgan fingerprint density at radius 2 is 1.91 bits per heavy atom. The molecule has 1 saturated heterocycles. The molecule has 1 atom stereocenters. The zero-order valence-corrected chi connectivity index (χ0v) is 16.2. The van der Waals surface area contributed by atoms with Crippen LogP contribution in [0.2, 0.25) is 0 Å². The summed E-state index contributed by atoms with van der Waals surface area (Å²) in [6, 6.07) is 7.12. The van der Waals surface area contributed by atoms with Crippen molar-refractivity contribution in [2.75, 3.05) is 26.2 Å². The van der Waals surface area contributed by atoms with E-state index in [0.29, 0.717) is 0 Å². The van der Waals surface area contributed by atoms with E-state index in [1.807, 2.05) is 11.4 Å². The molecule has 0 bridgehead atoms. The van der Waals surface area contributed by atoms with Crippen LogP contribution in [0.5, 0.6) is 5.75 Å². The second-order valence-corrected chi connectivity index (χ2v) is 6.78. The first-order valence-electron chi connectivity index (χ1n) is 6.83. The summed E-state index contributed by atoms with van der Waals surface area (Å²) in [5.41, 5.74) is 0.743. The summed E-state index contributed by atoms with van der Waals surface area (Å²) >= 11 is 4.79. The van der Waals surface area contributed by atoms with Gasteiger partial charge in [-0.15, -0.1) is 36.2 Å². The molecule has 2 aromatic rings. The molecule has 128 valence electrons. The minimum Gasteiger partial charge on any atom is -0.506 e. The van der Waals surface area contributed by atoms with E-state index in [1.165, 1.54) is 6.07 Å². The number of benzene rings is 1. The van der Waals surface area contributed by atoms with Crippen molar-refractivity contribution < 1.29 is 9.50 Å². The van der Waals surface area contributed by atoms with Crippen molar-refractivity contribution in [2.24, 2.45) is 0 Å². The molecule has 0 aliphatic carbocycles. The normalized spacial score (nSPS) is 16.3. The molecule has 0 spiro atoms. The Balaban J connectivity index is 0.00000132. The van der Waals surface area contributed by atoms with Gasteiger partial charge in [0, 0.05) is 36.6 Å². The number of thiophene rings is 1. The Bertz CT molecular complexity index is 624. The summed E-state index contributed by atoms with van der Waals surface area (Å²) in [5.74, 6) is -0.451. The maximum atomic E-state index is 13.6. The lowest BCUT2D eigenvalue weighted by Gasteiger charge is -2.35. The molecule has 0 unspecified atom stereocenters. The third-order valence-electron chi connectivity index (χ3n) is 3.72. The number of phenols is 1. The summed E-state index contributed by atoms with van der Waals surface area (Å²) in [6.07, 6.45) is 0. The molecule has 3 rings (SSSR count). The molecule has 0 radical (unpaired) electrons. The molecule has 3 nitrogen and oxygen atoms in total. The maximum absolute atomic E-state index is 13.6. The Hall–Kier alpha value is -0.370. The minimum atomic E-state index is -0.443. The molecule has 8 heteroatoms. The quantitative estimate of drug-likeness (QED) is 0.746. The van der Waals surface area contributed by atoms with E-state index >= 15 is 0 Å². The number of hydrogen-bond acceptors (Lipinski definition) is 4. The van der Waals surface area contributed by atoms with Crippen molar-refractivity contribution in [3.05, 3.63) is 50.4 Å². The highest BCUT2D eigenvalue weighted by atomic mass is 79.9. The number of nitrogens with zero attached hydrogens (tertiary/aromatic N) is 1. The van der Waals surface area contributed by atoms with Gasteiger partial charge in [0.15, 0.2) is 0 Å². The Labute approximate surface area is 159 Å². The van der Waals surface area contributed by atoms with E-state index in [1.54, 1.807) is 17.4 Å². The standard InChI is InChI=1S/C15H16BrFN2OS.2ClH/c16-13-11(17)4-3-10(15(13)20)14(12-2-1-9-21-12)19-7-5-18-6-8-19;;/h1-4,9,14,18,20H,5-8H2;2*1H/t14-;;/m0../s1. The number of hydrogen-bond donors (Lipinski definition) is 2. The van der Waals surface area contributed by atoms with Gasteiger partial charge in [-0.25, -0.2) is 4.39 Å². The van der Waals surface area contributed by atoms with Gasteiger partial charge in [-0.2, -0.15) is 0 Å². The van der Waals surface area contributed by atoms with Gasteiger partial charge in [-0.05, 0) is 33.4 Å². The highest BCUT2D eigenvalue weighted by Crippen LogP contribution is 2.40. The predicted molar refractivity (Wildman–Crippen MR) is 101 cm³/mol. The zero-order chi connectivity index (χ0) is 14.8. The Morgan fingerprint density at radius 1 is 1.22 bits per heavy atom. The lowest BCUT2D eigenvalue weighted by atomic mass is 10.0. The first-order chi connectivity index (χ1) is 10.2. The third-order valence-corrected chi connectivity index (χ3v) is 5.40. The molecule has 23 heavy (non-hydrogen) atoms. The molecule has 1 aromatic carbocycles. The van der Waals surface area contributed by atoms with Gasteiger partial charge in [0.25, 0.3) is 0 Å². The van der Waals surface area contributed by atoms with Crippen LogP contribution in [-0.2, 0) is 0 Å². The first-order valence-corrected chi connectivity index (χ1v) is 8.51. The van der Waals surface area contributed by atoms with E-state index in [0.717, 1.165) is 36.6 Å². The summed E-state index contributed by atoms with van der Waals surface area (Å²) in [4.78, 5) is 3.48. The van der Waals surface area contributed by atoms with Crippen LogP contribution in [0.3, 0.4) is 0 Å². The Kier molecular flexibility index (Phi) is 8.27. The lowest BCUT2D eigenvalue weighted by Crippen LogP contribution is -2.45. The van der Waals surface area contributed by atoms with E-state index < -0.39 is 5.82 Å². The van der Waals surface area contributed by atoms with Crippen LogP contribution in [0.4, 0.5) is 4.39 Å². The van der Waals surface area contributed by atoms with Crippen molar-refractivity contribution in [3.8, 4) is 5.75 Å². The molecular weight excluding hydrogens is 426 g/mol. The summed E-state index contributed by atoms with van der Waals surface area (Å²) in [6.45, 7) is 3.64. The molecular formula is C15H18BrCl2FN2OS.